The zero-order valence-electron chi connectivity index (χ0n) is 41.1. The van der Waals surface area contributed by atoms with Crippen molar-refractivity contribution in [1.82, 2.24) is 0 Å². The molecular weight excluding hydrogens is 745 g/mol. The van der Waals surface area contributed by atoms with Gasteiger partial charge in [0.05, 0.1) is 0 Å². The van der Waals surface area contributed by atoms with E-state index < -0.39 is 6.10 Å². The Labute approximate surface area is 374 Å². The standard InChI is InChI=1S/C54H104O6/c1-6-8-9-10-11-12-19-24-31-36-41-46-54(57)60-51(48-59-53(56)45-40-35-30-26-25-28-33-38-43-50(5)7-2)47-58-52(55)44-39-34-29-23-21-18-16-14-13-15-17-20-22-27-32-37-42-49(3)4/h49-51H,6-48H2,1-5H3/t50?,51-/m1/s1. The van der Waals surface area contributed by atoms with E-state index >= 15 is 0 Å². The number of carbonyl (C=O) groups excluding carboxylic acids is 3. The smallest absolute Gasteiger partial charge is 0.306 e. The van der Waals surface area contributed by atoms with Crippen LogP contribution < -0.4 is 0 Å². The Bertz CT molecular complexity index is 918. The average molecular weight is 849 g/mol. The molecule has 0 saturated carbocycles. The van der Waals surface area contributed by atoms with Gasteiger partial charge in [0.25, 0.3) is 0 Å². The summed E-state index contributed by atoms with van der Waals surface area (Å²) < 4.78 is 16.8. The Hall–Kier alpha value is -1.59. The number of carbonyl (C=O) groups is 3. The minimum absolute atomic E-state index is 0.0636. The molecule has 6 heteroatoms. The maximum absolute atomic E-state index is 12.8. The molecule has 60 heavy (non-hydrogen) atoms. The summed E-state index contributed by atoms with van der Waals surface area (Å²) in [5.41, 5.74) is 0. The molecule has 0 saturated heterocycles. The third kappa shape index (κ3) is 45.9. The number of unbranched alkanes of at least 4 members (excludes halogenated alkanes) is 32. The first kappa shape index (κ1) is 58.4. The first-order chi connectivity index (χ1) is 29.3. The molecule has 0 aromatic carbocycles. The van der Waals surface area contributed by atoms with Gasteiger partial charge in [-0.15, -0.1) is 0 Å². The van der Waals surface area contributed by atoms with Crippen molar-refractivity contribution in [3.05, 3.63) is 0 Å². The van der Waals surface area contributed by atoms with Crippen molar-refractivity contribution in [3.63, 3.8) is 0 Å². The molecular formula is C54H104O6. The minimum atomic E-state index is -0.761. The Balaban J connectivity index is 4.24. The van der Waals surface area contributed by atoms with E-state index in [0.717, 1.165) is 69.6 Å². The van der Waals surface area contributed by atoms with E-state index in [1.807, 2.05) is 0 Å². The molecule has 0 radical (unpaired) electrons. The monoisotopic (exact) mass is 849 g/mol. The Morgan fingerprint density at radius 1 is 0.350 bits per heavy atom. The summed E-state index contributed by atoms with van der Waals surface area (Å²) in [4.78, 5) is 37.9. The van der Waals surface area contributed by atoms with Crippen LogP contribution in [0.15, 0.2) is 0 Å². The molecule has 0 aliphatic carbocycles. The molecule has 2 atom stereocenters. The summed E-state index contributed by atoms with van der Waals surface area (Å²) in [6, 6.07) is 0. The minimum Gasteiger partial charge on any atom is -0.462 e. The van der Waals surface area contributed by atoms with Crippen LogP contribution in [0.25, 0.3) is 0 Å². The molecule has 0 aromatic heterocycles. The molecule has 1 unspecified atom stereocenters. The number of hydrogen-bond donors (Lipinski definition) is 0. The lowest BCUT2D eigenvalue weighted by Crippen LogP contribution is -2.30. The van der Waals surface area contributed by atoms with Gasteiger partial charge in [0.2, 0.25) is 0 Å². The van der Waals surface area contributed by atoms with Crippen LogP contribution >= 0.6 is 0 Å². The van der Waals surface area contributed by atoms with Gasteiger partial charge in [-0.3, -0.25) is 14.4 Å². The summed E-state index contributed by atoms with van der Waals surface area (Å²) in [5, 5.41) is 0. The number of ether oxygens (including phenoxy) is 3. The van der Waals surface area contributed by atoms with E-state index in [0.29, 0.717) is 19.3 Å². The van der Waals surface area contributed by atoms with Gasteiger partial charge in [-0.1, -0.05) is 259 Å². The van der Waals surface area contributed by atoms with Gasteiger partial charge in [-0.05, 0) is 31.1 Å². The van der Waals surface area contributed by atoms with Crippen LogP contribution in [0.1, 0.15) is 298 Å². The second-order valence-corrected chi connectivity index (χ2v) is 19.2. The van der Waals surface area contributed by atoms with E-state index in [1.54, 1.807) is 0 Å². The number of rotatable bonds is 48. The molecule has 0 amide bonds. The maximum Gasteiger partial charge on any atom is 0.306 e. The maximum atomic E-state index is 12.8. The van der Waals surface area contributed by atoms with Gasteiger partial charge >= 0.3 is 17.9 Å². The number of esters is 3. The molecule has 356 valence electrons. The molecule has 0 aliphatic rings. The van der Waals surface area contributed by atoms with E-state index in [9.17, 15) is 14.4 Å². The third-order valence-corrected chi connectivity index (χ3v) is 12.6. The average Bonchev–Trinajstić information content (AvgIpc) is 3.23. The quantitative estimate of drug-likeness (QED) is 0.0345. The second kappa shape index (κ2) is 46.9. The third-order valence-electron chi connectivity index (χ3n) is 12.6. The van der Waals surface area contributed by atoms with Gasteiger partial charge < -0.3 is 14.2 Å². The fraction of sp³-hybridized carbons (Fsp3) is 0.944. The van der Waals surface area contributed by atoms with Crippen molar-refractivity contribution in [2.45, 2.75) is 304 Å². The summed E-state index contributed by atoms with van der Waals surface area (Å²) in [7, 11) is 0. The van der Waals surface area contributed by atoms with Crippen molar-refractivity contribution >= 4 is 17.9 Å². The SMILES string of the molecule is CCCCCCCCCCCCCC(=O)O[C@H](COC(=O)CCCCCCCCCCCCCCCCCCC(C)C)COC(=O)CCCCCCCCCCC(C)CC. The zero-order chi connectivity index (χ0) is 44.0. The van der Waals surface area contributed by atoms with Crippen LogP contribution in [0.4, 0.5) is 0 Å². The summed E-state index contributed by atoms with van der Waals surface area (Å²) in [6.07, 6.45) is 48.0. The van der Waals surface area contributed by atoms with E-state index in [2.05, 4.69) is 34.6 Å². The van der Waals surface area contributed by atoms with Crippen LogP contribution in [0.3, 0.4) is 0 Å². The highest BCUT2D eigenvalue weighted by Gasteiger charge is 2.19. The Kier molecular flexibility index (Phi) is 45.7. The van der Waals surface area contributed by atoms with Crippen LogP contribution in [-0.2, 0) is 28.6 Å². The molecule has 0 aromatic rings. The topological polar surface area (TPSA) is 78.9 Å². The van der Waals surface area contributed by atoms with E-state index in [1.165, 1.54) is 186 Å². The Morgan fingerprint density at radius 3 is 0.950 bits per heavy atom. The second-order valence-electron chi connectivity index (χ2n) is 19.2. The van der Waals surface area contributed by atoms with Gasteiger partial charge in [0, 0.05) is 19.3 Å². The molecule has 0 aliphatic heterocycles. The molecule has 0 rings (SSSR count). The van der Waals surface area contributed by atoms with Crippen molar-refractivity contribution in [3.8, 4) is 0 Å². The summed E-state index contributed by atoms with van der Waals surface area (Å²) in [6.45, 7) is 11.4. The predicted molar refractivity (Wildman–Crippen MR) is 256 cm³/mol. The van der Waals surface area contributed by atoms with Gasteiger partial charge in [0.15, 0.2) is 6.10 Å². The molecule has 0 fully saturated rings. The fourth-order valence-electron chi connectivity index (χ4n) is 8.13. The first-order valence-electron chi connectivity index (χ1n) is 26.8. The highest BCUT2D eigenvalue weighted by Crippen LogP contribution is 2.18. The lowest BCUT2D eigenvalue weighted by Gasteiger charge is -2.18. The predicted octanol–water partition coefficient (Wildman–Crippen LogP) is 17.3. The normalized spacial score (nSPS) is 12.5. The lowest BCUT2D eigenvalue weighted by atomic mass is 9.99. The van der Waals surface area contributed by atoms with E-state index in [4.69, 9.17) is 14.2 Å². The summed E-state index contributed by atoms with van der Waals surface area (Å²) in [5.74, 6) is 0.853. The Morgan fingerprint density at radius 2 is 0.633 bits per heavy atom. The number of hydrogen-bond acceptors (Lipinski definition) is 6. The van der Waals surface area contributed by atoms with Crippen molar-refractivity contribution in [2.24, 2.45) is 11.8 Å². The van der Waals surface area contributed by atoms with Crippen molar-refractivity contribution < 1.29 is 28.6 Å². The summed E-state index contributed by atoms with van der Waals surface area (Å²) >= 11 is 0. The molecule has 0 heterocycles. The van der Waals surface area contributed by atoms with Gasteiger partial charge in [0.1, 0.15) is 13.2 Å². The molecule has 0 N–H and O–H groups in total. The highest BCUT2D eigenvalue weighted by molar-refractivity contribution is 5.71. The fourth-order valence-corrected chi connectivity index (χ4v) is 8.13. The van der Waals surface area contributed by atoms with E-state index in [-0.39, 0.29) is 31.1 Å². The first-order valence-corrected chi connectivity index (χ1v) is 26.8. The highest BCUT2D eigenvalue weighted by atomic mass is 16.6. The largest absolute Gasteiger partial charge is 0.462 e. The lowest BCUT2D eigenvalue weighted by molar-refractivity contribution is -0.167. The van der Waals surface area contributed by atoms with Crippen LogP contribution in [0, 0.1) is 11.8 Å². The van der Waals surface area contributed by atoms with Gasteiger partial charge in [-0.25, -0.2) is 0 Å². The molecule has 0 bridgehead atoms. The van der Waals surface area contributed by atoms with Gasteiger partial charge in [-0.2, -0.15) is 0 Å². The van der Waals surface area contributed by atoms with Crippen molar-refractivity contribution in [1.29, 1.82) is 0 Å². The molecule has 6 nitrogen and oxygen atoms in total. The molecule has 0 spiro atoms. The van der Waals surface area contributed by atoms with Crippen LogP contribution in [0.5, 0.6) is 0 Å². The van der Waals surface area contributed by atoms with Crippen molar-refractivity contribution in [2.75, 3.05) is 13.2 Å². The zero-order valence-corrected chi connectivity index (χ0v) is 41.1. The van der Waals surface area contributed by atoms with Crippen LogP contribution in [0.2, 0.25) is 0 Å². The van der Waals surface area contributed by atoms with Crippen LogP contribution in [-0.4, -0.2) is 37.2 Å².